The van der Waals surface area contributed by atoms with E-state index in [2.05, 4.69) is 4.98 Å². The summed E-state index contributed by atoms with van der Waals surface area (Å²) >= 11 is 0. The van der Waals surface area contributed by atoms with E-state index in [0.717, 1.165) is 0 Å². The van der Waals surface area contributed by atoms with Gasteiger partial charge < -0.3 is 5.11 Å². The molecular formula is C7H5NO3. The number of carboxylic acids is 1. The summed E-state index contributed by atoms with van der Waals surface area (Å²) < 4.78 is 0. The smallest absolute Gasteiger partial charge is 0.377 e. The lowest BCUT2D eigenvalue weighted by Crippen LogP contribution is -2.12. The Morgan fingerprint density at radius 2 is 1.82 bits per heavy atom. The van der Waals surface area contributed by atoms with E-state index < -0.39 is 11.8 Å². The number of carbonyl (C=O) groups is 2. The van der Waals surface area contributed by atoms with E-state index in [0.29, 0.717) is 0 Å². The highest BCUT2D eigenvalue weighted by molar-refractivity contribution is 6.39. The molecule has 0 saturated heterocycles. The van der Waals surface area contributed by atoms with Gasteiger partial charge in [0.15, 0.2) is 0 Å². The number of rotatable bonds is 2. The molecule has 0 unspecified atom stereocenters. The first-order chi connectivity index (χ1) is 5.22. The molecule has 0 spiro atoms. The third-order valence-corrected chi connectivity index (χ3v) is 1.14. The van der Waals surface area contributed by atoms with Gasteiger partial charge in [-0.15, -0.1) is 0 Å². The van der Waals surface area contributed by atoms with Crippen molar-refractivity contribution >= 4 is 11.8 Å². The van der Waals surface area contributed by atoms with Crippen LogP contribution < -0.4 is 0 Å². The predicted molar refractivity (Wildman–Crippen MR) is 36.2 cm³/mol. The third-order valence-electron chi connectivity index (χ3n) is 1.14. The summed E-state index contributed by atoms with van der Waals surface area (Å²) in [6, 6.07) is 2.72. The van der Waals surface area contributed by atoms with Gasteiger partial charge in [0.25, 0.3) is 5.78 Å². The van der Waals surface area contributed by atoms with Gasteiger partial charge in [-0.3, -0.25) is 9.78 Å². The fourth-order valence-electron chi connectivity index (χ4n) is 0.627. The number of carbonyl (C=O) groups excluding carboxylic acids is 1. The molecule has 0 aliphatic rings. The van der Waals surface area contributed by atoms with Crippen LogP contribution in [0.1, 0.15) is 10.4 Å². The Kier molecular flexibility index (Phi) is 1.96. The van der Waals surface area contributed by atoms with Crippen molar-refractivity contribution in [3.05, 3.63) is 30.1 Å². The van der Waals surface area contributed by atoms with Gasteiger partial charge in [-0.2, -0.15) is 0 Å². The highest BCUT2D eigenvalue weighted by Gasteiger charge is 2.12. The van der Waals surface area contributed by atoms with Crippen LogP contribution >= 0.6 is 0 Å². The van der Waals surface area contributed by atoms with Crippen LogP contribution in [0.3, 0.4) is 0 Å². The molecule has 0 bridgehead atoms. The average Bonchev–Trinajstić information content (AvgIpc) is 2.05. The Balaban J connectivity index is 2.95. The third kappa shape index (κ3) is 1.61. The first kappa shape index (κ1) is 7.40. The van der Waals surface area contributed by atoms with Gasteiger partial charge in [0.2, 0.25) is 0 Å². The Morgan fingerprint density at radius 3 is 2.27 bits per heavy atom. The average molecular weight is 151 g/mol. The molecule has 1 aromatic heterocycles. The van der Waals surface area contributed by atoms with E-state index in [-0.39, 0.29) is 5.56 Å². The number of carboxylic acid groups (broad SMARTS) is 1. The monoisotopic (exact) mass is 151 g/mol. The molecule has 4 heteroatoms. The molecule has 1 aromatic rings. The number of nitrogens with zero attached hydrogens (tertiary/aromatic N) is 1. The molecule has 4 nitrogen and oxygen atoms in total. The Morgan fingerprint density at radius 1 is 1.27 bits per heavy atom. The zero-order valence-electron chi connectivity index (χ0n) is 5.52. The largest absolute Gasteiger partial charge is 0.475 e. The molecule has 56 valence electrons. The van der Waals surface area contributed by atoms with Gasteiger partial charge in [-0.25, -0.2) is 4.79 Å². The lowest BCUT2D eigenvalue weighted by atomic mass is 10.2. The summed E-state index contributed by atoms with van der Waals surface area (Å²) in [5.41, 5.74) is 0.146. The van der Waals surface area contributed by atoms with Crippen molar-refractivity contribution < 1.29 is 14.7 Å². The summed E-state index contributed by atoms with van der Waals surface area (Å²) in [6.07, 6.45) is 2.74. The summed E-state index contributed by atoms with van der Waals surface area (Å²) in [7, 11) is 0. The number of ketones is 1. The normalized spacial score (nSPS) is 9.09. The van der Waals surface area contributed by atoms with Gasteiger partial charge in [0, 0.05) is 18.0 Å². The molecule has 0 saturated carbocycles. The highest BCUT2D eigenvalue weighted by atomic mass is 16.4. The van der Waals surface area contributed by atoms with Crippen molar-refractivity contribution in [2.75, 3.05) is 0 Å². The van der Waals surface area contributed by atoms with Gasteiger partial charge in [-0.05, 0) is 12.1 Å². The summed E-state index contributed by atoms with van der Waals surface area (Å²) in [4.78, 5) is 24.5. The second-order valence-electron chi connectivity index (χ2n) is 1.87. The van der Waals surface area contributed by atoms with Crippen LogP contribution in [-0.2, 0) is 4.79 Å². The fourth-order valence-corrected chi connectivity index (χ4v) is 0.627. The molecular weight excluding hydrogens is 146 g/mol. The van der Waals surface area contributed by atoms with Gasteiger partial charge in [0.1, 0.15) is 0 Å². The molecule has 1 rings (SSSR count). The SMILES string of the molecule is O=C(O)C(=O)c1ccncc1. The molecule has 0 amide bonds. The summed E-state index contributed by atoms with van der Waals surface area (Å²) in [5, 5.41) is 8.27. The molecule has 11 heavy (non-hydrogen) atoms. The van der Waals surface area contributed by atoms with E-state index in [1.807, 2.05) is 0 Å². The molecule has 0 radical (unpaired) electrons. The van der Waals surface area contributed by atoms with Crippen LogP contribution in [0.4, 0.5) is 0 Å². The lowest BCUT2D eigenvalue weighted by Gasteiger charge is -1.91. The minimum atomic E-state index is -1.45. The first-order valence-electron chi connectivity index (χ1n) is 2.89. The number of Topliss-reactive ketones (excluding diaryl/α,β-unsaturated/α-hetero) is 1. The van der Waals surface area contributed by atoms with Crippen molar-refractivity contribution in [2.24, 2.45) is 0 Å². The minimum Gasteiger partial charge on any atom is -0.475 e. The second-order valence-corrected chi connectivity index (χ2v) is 1.87. The number of pyridine rings is 1. The fraction of sp³-hybridized carbons (Fsp3) is 0. The Bertz CT molecular complexity index is 281. The van der Waals surface area contributed by atoms with Gasteiger partial charge >= 0.3 is 5.97 Å². The molecule has 1 heterocycles. The number of hydrogen-bond donors (Lipinski definition) is 1. The van der Waals surface area contributed by atoms with Crippen molar-refractivity contribution in [3.8, 4) is 0 Å². The molecule has 0 atom stereocenters. The van der Waals surface area contributed by atoms with E-state index >= 15 is 0 Å². The summed E-state index contributed by atoms with van der Waals surface area (Å²) in [6.45, 7) is 0. The topological polar surface area (TPSA) is 67.3 Å². The second kappa shape index (κ2) is 2.92. The predicted octanol–water partition coefficient (Wildman–Crippen LogP) is 0.349. The molecule has 0 fully saturated rings. The highest BCUT2D eigenvalue weighted by Crippen LogP contribution is 1.96. The van der Waals surface area contributed by atoms with Crippen molar-refractivity contribution in [2.45, 2.75) is 0 Å². The maximum absolute atomic E-state index is 10.7. The van der Waals surface area contributed by atoms with E-state index in [1.165, 1.54) is 24.5 Å². The van der Waals surface area contributed by atoms with Crippen LogP contribution in [0.5, 0.6) is 0 Å². The minimum absolute atomic E-state index is 0.146. The van der Waals surface area contributed by atoms with E-state index in [1.54, 1.807) is 0 Å². The van der Waals surface area contributed by atoms with Crippen molar-refractivity contribution in [1.82, 2.24) is 4.98 Å². The quantitative estimate of drug-likeness (QED) is 0.489. The van der Waals surface area contributed by atoms with E-state index in [9.17, 15) is 9.59 Å². The van der Waals surface area contributed by atoms with Crippen LogP contribution in [0.25, 0.3) is 0 Å². The number of aliphatic carboxylic acids is 1. The Hall–Kier alpha value is -1.71. The zero-order valence-corrected chi connectivity index (χ0v) is 5.52. The maximum Gasteiger partial charge on any atom is 0.377 e. The van der Waals surface area contributed by atoms with Crippen LogP contribution in [0, 0.1) is 0 Å². The standard InChI is InChI=1S/C7H5NO3/c9-6(7(10)11)5-1-3-8-4-2-5/h1-4H,(H,10,11). The van der Waals surface area contributed by atoms with Gasteiger partial charge in [-0.1, -0.05) is 0 Å². The van der Waals surface area contributed by atoms with Crippen molar-refractivity contribution in [1.29, 1.82) is 0 Å². The van der Waals surface area contributed by atoms with Crippen LogP contribution in [-0.4, -0.2) is 21.8 Å². The van der Waals surface area contributed by atoms with E-state index in [4.69, 9.17) is 5.11 Å². The first-order valence-corrected chi connectivity index (χ1v) is 2.89. The van der Waals surface area contributed by atoms with Crippen LogP contribution in [0.2, 0.25) is 0 Å². The molecule has 0 aliphatic carbocycles. The number of hydrogen-bond acceptors (Lipinski definition) is 3. The lowest BCUT2D eigenvalue weighted by molar-refractivity contribution is -0.131. The van der Waals surface area contributed by atoms with Gasteiger partial charge in [0.05, 0.1) is 0 Å². The zero-order chi connectivity index (χ0) is 8.27. The molecule has 1 N–H and O–H groups in total. The number of aromatic nitrogens is 1. The van der Waals surface area contributed by atoms with Crippen LogP contribution in [0.15, 0.2) is 24.5 Å². The molecule has 0 aliphatic heterocycles. The molecule has 0 aromatic carbocycles. The van der Waals surface area contributed by atoms with Crippen molar-refractivity contribution in [3.63, 3.8) is 0 Å². The Labute approximate surface area is 62.5 Å². The maximum atomic E-state index is 10.7. The summed E-state index contributed by atoms with van der Waals surface area (Å²) in [5.74, 6) is -2.36.